The molecule has 5 nitrogen and oxygen atoms in total. The molecule has 1 heterocycles. The van der Waals surface area contributed by atoms with Gasteiger partial charge in [0, 0.05) is 12.6 Å². The maximum absolute atomic E-state index is 10.9. The van der Waals surface area contributed by atoms with E-state index < -0.39 is 11.6 Å². The van der Waals surface area contributed by atoms with Crippen molar-refractivity contribution >= 4 is 5.97 Å². The minimum absolute atomic E-state index is 0.00571. The highest BCUT2D eigenvalue weighted by molar-refractivity contribution is 5.87. The summed E-state index contributed by atoms with van der Waals surface area (Å²) >= 11 is 0. The summed E-state index contributed by atoms with van der Waals surface area (Å²) in [7, 11) is 1.69. The molecule has 0 radical (unpaired) electrons. The predicted molar refractivity (Wildman–Crippen MR) is 70.8 cm³/mol. The highest BCUT2D eigenvalue weighted by Crippen LogP contribution is 2.26. The first-order chi connectivity index (χ1) is 8.79. The van der Waals surface area contributed by atoms with Gasteiger partial charge in [0.2, 0.25) is 0 Å². The molecule has 100 valence electrons. The van der Waals surface area contributed by atoms with Gasteiger partial charge in [-0.05, 0) is 31.5 Å². The van der Waals surface area contributed by atoms with Gasteiger partial charge in [0.25, 0.3) is 0 Å². The Hall–Kier alpha value is -2.14. The van der Waals surface area contributed by atoms with Crippen molar-refractivity contribution in [2.24, 2.45) is 7.05 Å². The summed E-state index contributed by atoms with van der Waals surface area (Å²) < 4.78 is 1.52. The Bertz CT molecular complexity index is 624. The van der Waals surface area contributed by atoms with Crippen molar-refractivity contribution in [1.29, 1.82) is 0 Å². The van der Waals surface area contributed by atoms with Gasteiger partial charge in [-0.3, -0.25) is 4.68 Å². The van der Waals surface area contributed by atoms with Crippen LogP contribution in [0.3, 0.4) is 0 Å². The van der Waals surface area contributed by atoms with Gasteiger partial charge in [-0.1, -0.05) is 18.2 Å². The highest BCUT2D eigenvalue weighted by atomic mass is 16.4. The lowest BCUT2D eigenvalue weighted by Crippen LogP contribution is -2.15. The first-order valence-electron chi connectivity index (χ1n) is 5.89. The fourth-order valence-electron chi connectivity index (χ4n) is 1.90. The first kappa shape index (κ1) is 13.3. The largest absolute Gasteiger partial charge is 0.476 e. The van der Waals surface area contributed by atoms with Crippen molar-refractivity contribution < 1.29 is 15.0 Å². The van der Waals surface area contributed by atoms with Crippen LogP contribution in [-0.2, 0) is 12.6 Å². The van der Waals surface area contributed by atoms with Crippen LogP contribution in [-0.4, -0.2) is 26.0 Å². The van der Waals surface area contributed by atoms with Crippen LogP contribution in [0.5, 0.6) is 0 Å². The molecule has 19 heavy (non-hydrogen) atoms. The number of aromatic carboxylic acids is 1. The summed E-state index contributed by atoms with van der Waals surface area (Å²) in [6.07, 6.45) is 0. The fraction of sp³-hybridized carbons (Fsp3) is 0.286. The molecule has 0 bridgehead atoms. The zero-order valence-electron chi connectivity index (χ0n) is 11.1. The number of carbonyl (C=O) groups is 1. The quantitative estimate of drug-likeness (QED) is 0.885. The third kappa shape index (κ3) is 2.66. The average Bonchev–Trinajstić information content (AvgIpc) is 2.71. The Morgan fingerprint density at radius 3 is 2.53 bits per heavy atom. The second-order valence-corrected chi connectivity index (χ2v) is 4.98. The van der Waals surface area contributed by atoms with E-state index in [1.165, 1.54) is 10.7 Å². The van der Waals surface area contributed by atoms with Crippen LogP contribution in [0.1, 0.15) is 29.9 Å². The number of aliphatic hydroxyl groups is 1. The van der Waals surface area contributed by atoms with Crippen LogP contribution in [0.2, 0.25) is 0 Å². The lowest BCUT2D eigenvalue weighted by molar-refractivity contribution is 0.0689. The van der Waals surface area contributed by atoms with Crippen molar-refractivity contribution in [2.45, 2.75) is 19.4 Å². The second kappa shape index (κ2) is 4.51. The van der Waals surface area contributed by atoms with Crippen LogP contribution in [0, 0.1) is 0 Å². The zero-order valence-corrected chi connectivity index (χ0v) is 11.1. The third-order valence-corrected chi connectivity index (χ3v) is 2.96. The van der Waals surface area contributed by atoms with Crippen molar-refractivity contribution in [3.05, 3.63) is 41.6 Å². The monoisotopic (exact) mass is 260 g/mol. The van der Waals surface area contributed by atoms with E-state index >= 15 is 0 Å². The molecule has 0 aliphatic rings. The second-order valence-electron chi connectivity index (χ2n) is 4.98. The number of rotatable bonds is 3. The number of aromatic nitrogens is 2. The molecule has 0 unspecified atom stereocenters. The van der Waals surface area contributed by atoms with Crippen LogP contribution in [0.15, 0.2) is 30.3 Å². The molecule has 2 N–H and O–H groups in total. The molecular weight excluding hydrogens is 244 g/mol. The van der Waals surface area contributed by atoms with E-state index in [2.05, 4.69) is 5.10 Å². The number of benzene rings is 1. The smallest absolute Gasteiger partial charge is 0.356 e. The minimum atomic E-state index is -1.06. The van der Waals surface area contributed by atoms with E-state index in [-0.39, 0.29) is 5.69 Å². The van der Waals surface area contributed by atoms with Gasteiger partial charge < -0.3 is 10.2 Å². The molecule has 0 saturated heterocycles. The third-order valence-electron chi connectivity index (χ3n) is 2.96. The molecule has 0 aliphatic heterocycles. The number of hydrogen-bond donors (Lipinski definition) is 2. The van der Waals surface area contributed by atoms with E-state index in [0.29, 0.717) is 5.69 Å². The predicted octanol–water partition coefficient (Wildman–Crippen LogP) is 2.01. The summed E-state index contributed by atoms with van der Waals surface area (Å²) in [6, 6.07) is 8.88. The molecule has 0 atom stereocenters. The number of carboxylic acids is 1. The van der Waals surface area contributed by atoms with E-state index in [1.54, 1.807) is 20.9 Å². The SMILES string of the molecule is Cn1nc(C(=O)O)cc1-c1cccc(C(C)(C)O)c1. The molecular formula is C14H16N2O3. The van der Waals surface area contributed by atoms with Gasteiger partial charge in [0.1, 0.15) is 0 Å². The number of aryl methyl sites for hydroxylation is 1. The van der Waals surface area contributed by atoms with Crippen molar-refractivity contribution in [1.82, 2.24) is 9.78 Å². The summed E-state index contributed by atoms with van der Waals surface area (Å²) in [6.45, 7) is 3.41. The fourth-order valence-corrected chi connectivity index (χ4v) is 1.90. The molecule has 5 heteroatoms. The molecule has 0 saturated carbocycles. The topological polar surface area (TPSA) is 75.4 Å². The summed E-state index contributed by atoms with van der Waals surface area (Å²) in [5.41, 5.74) is 1.35. The van der Waals surface area contributed by atoms with E-state index in [0.717, 1.165) is 11.1 Å². The van der Waals surface area contributed by atoms with Gasteiger partial charge in [0.15, 0.2) is 5.69 Å². The van der Waals surface area contributed by atoms with Gasteiger partial charge >= 0.3 is 5.97 Å². The maximum Gasteiger partial charge on any atom is 0.356 e. The highest BCUT2D eigenvalue weighted by Gasteiger charge is 2.18. The molecule has 0 fully saturated rings. The summed E-state index contributed by atoms with van der Waals surface area (Å²) in [4.78, 5) is 10.9. The number of hydrogen-bond acceptors (Lipinski definition) is 3. The molecule has 1 aromatic carbocycles. The van der Waals surface area contributed by atoms with E-state index in [9.17, 15) is 9.90 Å². The van der Waals surface area contributed by atoms with Crippen molar-refractivity contribution in [3.63, 3.8) is 0 Å². The van der Waals surface area contributed by atoms with Crippen LogP contribution < -0.4 is 0 Å². The van der Waals surface area contributed by atoms with Gasteiger partial charge in [-0.15, -0.1) is 0 Å². The van der Waals surface area contributed by atoms with E-state index in [4.69, 9.17) is 5.11 Å². The molecule has 1 aromatic heterocycles. The Morgan fingerprint density at radius 1 is 1.32 bits per heavy atom. The lowest BCUT2D eigenvalue weighted by atomic mass is 9.96. The lowest BCUT2D eigenvalue weighted by Gasteiger charge is -2.18. The van der Waals surface area contributed by atoms with Crippen molar-refractivity contribution in [3.8, 4) is 11.3 Å². The molecule has 2 aromatic rings. The minimum Gasteiger partial charge on any atom is -0.476 e. The van der Waals surface area contributed by atoms with Crippen LogP contribution >= 0.6 is 0 Å². The maximum atomic E-state index is 10.9. The standard InChI is InChI=1S/C14H16N2O3/c1-14(2,19)10-6-4-5-9(7-10)12-8-11(13(17)18)15-16(12)3/h4-8,19H,1-3H3,(H,17,18). The number of nitrogens with zero attached hydrogens (tertiary/aromatic N) is 2. The van der Waals surface area contributed by atoms with Crippen LogP contribution in [0.25, 0.3) is 11.3 Å². The van der Waals surface area contributed by atoms with E-state index in [1.807, 2.05) is 24.3 Å². The molecule has 0 amide bonds. The average molecular weight is 260 g/mol. The van der Waals surface area contributed by atoms with Gasteiger partial charge in [-0.25, -0.2) is 4.79 Å². The Morgan fingerprint density at radius 2 is 2.00 bits per heavy atom. The zero-order chi connectivity index (χ0) is 14.2. The molecule has 2 rings (SSSR count). The molecule has 0 spiro atoms. The summed E-state index contributed by atoms with van der Waals surface area (Å²) in [5.74, 6) is -1.06. The van der Waals surface area contributed by atoms with Gasteiger partial charge in [0.05, 0.1) is 11.3 Å². The van der Waals surface area contributed by atoms with Crippen LogP contribution in [0.4, 0.5) is 0 Å². The van der Waals surface area contributed by atoms with Gasteiger partial charge in [-0.2, -0.15) is 5.10 Å². The normalized spacial score (nSPS) is 11.6. The van der Waals surface area contributed by atoms with Crippen molar-refractivity contribution in [2.75, 3.05) is 0 Å². The number of carboxylic acid groups (broad SMARTS) is 1. The Balaban J connectivity index is 2.50. The first-order valence-corrected chi connectivity index (χ1v) is 5.89. The Kier molecular flexibility index (Phi) is 3.16. The molecule has 0 aliphatic carbocycles. The summed E-state index contributed by atoms with van der Waals surface area (Å²) in [5, 5.41) is 22.9. The Labute approximate surface area is 111 Å².